The maximum atomic E-state index is 4.85. The zero-order chi connectivity index (χ0) is 14.1. The van der Waals surface area contributed by atoms with E-state index in [1.165, 1.54) is 36.6 Å². The fraction of sp³-hybridized carbons (Fsp3) is 0.938. The number of aliphatic imine (C=N–C) groups is 1. The zero-order valence-electron chi connectivity index (χ0n) is 13.3. The molecule has 1 aliphatic heterocycles. The van der Waals surface area contributed by atoms with Crippen molar-refractivity contribution in [1.29, 1.82) is 0 Å². The Hall–Kier alpha value is -0.180. The van der Waals surface area contributed by atoms with Gasteiger partial charge in [-0.15, -0.1) is 0 Å². The molecule has 0 aromatic heterocycles. The Kier molecular flexibility index (Phi) is 4.25. The van der Waals surface area contributed by atoms with Crippen LogP contribution in [0.4, 0.5) is 0 Å². The summed E-state index contributed by atoms with van der Waals surface area (Å²) in [6.07, 6.45) is 6.76. The van der Waals surface area contributed by atoms with Crippen molar-refractivity contribution in [3.8, 4) is 0 Å². The molecule has 0 radical (unpaired) electrons. The van der Waals surface area contributed by atoms with Crippen molar-refractivity contribution in [3.05, 3.63) is 0 Å². The highest BCUT2D eigenvalue weighted by molar-refractivity contribution is 8.13. The second-order valence-electron chi connectivity index (χ2n) is 8.36. The van der Waals surface area contributed by atoms with Gasteiger partial charge in [0, 0.05) is 17.8 Å². The summed E-state index contributed by atoms with van der Waals surface area (Å²) in [6.45, 7) is 12.6. The van der Waals surface area contributed by atoms with Gasteiger partial charge in [0.1, 0.15) is 0 Å². The van der Waals surface area contributed by atoms with Gasteiger partial charge in [0.15, 0.2) is 5.17 Å². The molecule has 2 aliphatic rings. The molecular weight excluding hydrogens is 252 g/mol. The minimum Gasteiger partial charge on any atom is -0.360 e. The lowest BCUT2D eigenvalue weighted by molar-refractivity contribution is 0.267. The number of nitrogens with one attached hydrogen (secondary N) is 1. The summed E-state index contributed by atoms with van der Waals surface area (Å²) in [7, 11) is 0. The summed E-state index contributed by atoms with van der Waals surface area (Å²) >= 11 is 1.95. The second kappa shape index (κ2) is 5.31. The molecule has 0 atom stereocenters. The molecule has 0 aromatic carbocycles. The van der Waals surface area contributed by atoms with Gasteiger partial charge in [0.05, 0.1) is 0 Å². The second-order valence-corrected chi connectivity index (χ2v) is 9.33. The standard InChI is InChI=1S/C16H30N2S/c1-14(2,3)10-15(4,5)18-13-17-11-16(12-19-13)8-6-7-9-16/h6-12H2,1-5H3,(H,17,18). The predicted octanol–water partition coefficient (Wildman–Crippen LogP) is 4.45. The van der Waals surface area contributed by atoms with Crippen molar-refractivity contribution in [2.24, 2.45) is 15.8 Å². The molecule has 2 nitrogen and oxygen atoms in total. The van der Waals surface area contributed by atoms with E-state index in [4.69, 9.17) is 4.99 Å². The molecule has 0 aromatic rings. The van der Waals surface area contributed by atoms with Crippen molar-refractivity contribution < 1.29 is 0 Å². The molecule has 1 fully saturated rings. The molecule has 0 unspecified atom stereocenters. The van der Waals surface area contributed by atoms with Crippen LogP contribution in [0, 0.1) is 10.8 Å². The number of hydrogen-bond acceptors (Lipinski definition) is 3. The van der Waals surface area contributed by atoms with E-state index in [2.05, 4.69) is 39.9 Å². The third kappa shape index (κ3) is 4.40. The maximum Gasteiger partial charge on any atom is 0.156 e. The number of thioether (sulfide) groups is 1. The summed E-state index contributed by atoms with van der Waals surface area (Å²) in [5.74, 6) is 1.27. The fourth-order valence-electron chi connectivity index (χ4n) is 3.71. The summed E-state index contributed by atoms with van der Waals surface area (Å²) < 4.78 is 0. The SMILES string of the molecule is CC(C)(C)CC(C)(C)NC1=NCC2(CCCC2)CS1. The van der Waals surface area contributed by atoms with Gasteiger partial charge in [-0.2, -0.15) is 0 Å². The minimum absolute atomic E-state index is 0.129. The quantitative estimate of drug-likeness (QED) is 0.809. The third-order valence-electron chi connectivity index (χ3n) is 4.15. The van der Waals surface area contributed by atoms with Crippen LogP contribution in [0.1, 0.15) is 66.7 Å². The van der Waals surface area contributed by atoms with Crippen LogP contribution < -0.4 is 5.32 Å². The number of amidine groups is 1. The first-order valence-electron chi connectivity index (χ1n) is 7.65. The average Bonchev–Trinajstić information content (AvgIpc) is 2.67. The molecular formula is C16H30N2S. The fourth-order valence-corrected chi connectivity index (χ4v) is 5.04. The molecule has 1 N–H and O–H groups in total. The van der Waals surface area contributed by atoms with Gasteiger partial charge < -0.3 is 5.32 Å². The Morgan fingerprint density at radius 2 is 1.79 bits per heavy atom. The predicted molar refractivity (Wildman–Crippen MR) is 86.9 cm³/mol. The highest BCUT2D eigenvalue weighted by Crippen LogP contribution is 2.43. The van der Waals surface area contributed by atoms with E-state index in [1.54, 1.807) is 0 Å². The van der Waals surface area contributed by atoms with Gasteiger partial charge in [-0.05, 0) is 43.9 Å². The van der Waals surface area contributed by atoms with Crippen LogP contribution in [0.25, 0.3) is 0 Å². The number of hydrogen-bond donors (Lipinski definition) is 1. The summed E-state index contributed by atoms with van der Waals surface area (Å²) in [4.78, 5) is 4.85. The monoisotopic (exact) mass is 282 g/mol. The molecule has 1 heterocycles. The van der Waals surface area contributed by atoms with Gasteiger partial charge >= 0.3 is 0 Å². The van der Waals surface area contributed by atoms with Crippen LogP contribution >= 0.6 is 11.8 Å². The molecule has 2 rings (SSSR count). The average molecular weight is 282 g/mol. The molecule has 110 valence electrons. The minimum atomic E-state index is 0.129. The summed E-state index contributed by atoms with van der Waals surface area (Å²) in [5.41, 5.74) is 1.03. The summed E-state index contributed by atoms with van der Waals surface area (Å²) in [5, 5.41) is 4.84. The Balaban J connectivity index is 1.92. The van der Waals surface area contributed by atoms with Gasteiger partial charge in [-0.25, -0.2) is 0 Å². The number of rotatable bonds is 2. The van der Waals surface area contributed by atoms with Crippen molar-refractivity contribution in [3.63, 3.8) is 0 Å². The Bertz CT molecular complexity index is 346. The van der Waals surface area contributed by atoms with E-state index in [0.29, 0.717) is 10.8 Å². The van der Waals surface area contributed by atoms with Crippen molar-refractivity contribution in [1.82, 2.24) is 5.32 Å². The van der Waals surface area contributed by atoms with Crippen molar-refractivity contribution in [2.45, 2.75) is 72.3 Å². The molecule has 1 spiro atoms. The Morgan fingerprint density at radius 1 is 1.16 bits per heavy atom. The van der Waals surface area contributed by atoms with Gasteiger partial charge in [0.2, 0.25) is 0 Å². The van der Waals surface area contributed by atoms with Gasteiger partial charge in [-0.3, -0.25) is 4.99 Å². The smallest absolute Gasteiger partial charge is 0.156 e. The van der Waals surface area contributed by atoms with E-state index in [0.717, 1.165) is 13.0 Å². The molecule has 1 saturated carbocycles. The Labute approximate surface area is 123 Å². The highest BCUT2D eigenvalue weighted by atomic mass is 32.2. The van der Waals surface area contributed by atoms with E-state index >= 15 is 0 Å². The van der Waals surface area contributed by atoms with E-state index in [1.807, 2.05) is 11.8 Å². The van der Waals surface area contributed by atoms with Gasteiger partial charge in [-0.1, -0.05) is 45.4 Å². The topological polar surface area (TPSA) is 24.4 Å². The van der Waals surface area contributed by atoms with Crippen LogP contribution in [0.3, 0.4) is 0 Å². The van der Waals surface area contributed by atoms with E-state index in [9.17, 15) is 0 Å². The first kappa shape index (κ1) is 15.2. The lowest BCUT2D eigenvalue weighted by atomic mass is 9.82. The normalized spacial score (nSPS) is 23.5. The molecule has 0 bridgehead atoms. The van der Waals surface area contributed by atoms with Crippen LogP contribution in [-0.2, 0) is 0 Å². The van der Waals surface area contributed by atoms with Crippen LogP contribution in [-0.4, -0.2) is 23.0 Å². The van der Waals surface area contributed by atoms with Crippen LogP contribution in [0.2, 0.25) is 0 Å². The van der Waals surface area contributed by atoms with Crippen LogP contribution in [0.15, 0.2) is 4.99 Å². The molecule has 1 aliphatic carbocycles. The molecule has 19 heavy (non-hydrogen) atoms. The molecule has 0 amide bonds. The summed E-state index contributed by atoms with van der Waals surface area (Å²) in [6, 6.07) is 0. The number of nitrogens with zero attached hydrogens (tertiary/aromatic N) is 1. The van der Waals surface area contributed by atoms with Crippen molar-refractivity contribution in [2.75, 3.05) is 12.3 Å². The molecule has 3 heteroatoms. The lowest BCUT2D eigenvalue weighted by Crippen LogP contribution is -2.46. The van der Waals surface area contributed by atoms with Crippen LogP contribution in [0.5, 0.6) is 0 Å². The van der Waals surface area contributed by atoms with E-state index in [-0.39, 0.29) is 5.54 Å². The first-order chi connectivity index (χ1) is 8.70. The largest absolute Gasteiger partial charge is 0.360 e. The Morgan fingerprint density at radius 3 is 2.26 bits per heavy atom. The zero-order valence-corrected chi connectivity index (χ0v) is 14.1. The van der Waals surface area contributed by atoms with Gasteiger partial charge in [0.25, 0.3) is 0 Å². The molecule has 0 saturated heterocycles. The third-order valence-corrected chi connectivity index (χ3v) is 5.42. The van der Waals surface area contributed by atoms with Crippen molar-refractivity contribution >= 4 is 16.9 Å². The maximum absolute atomic E-state index is 4.85. The first-order valence-corrected chi connectivity index (χ1v) is 8.64. The van der Waals surface area contributed by atoms with E-state index < -0.39 is 0 Å². The highest BCUT2D eigenvalue weighted by Gasteiger charge is 2.37. The lowest BCUT2D eigenvalue weighted by Gasteiger charge is -2.37.